The molecular formula is C37H54OS. The average molecular weight is 547 g/mol. The molecule has 0 amide bonds. The van der Waals surface area contributed by atoms with Crippen LogP contribution in [-0.2, 0) is 4.79 Å². The maximum atomic E-state index is 13.1. The van der Waals surface area contributed by atoms with Gasteiger partial charge in [0.25, 0.3) is 0 Å². The molecule has 0 N–H and O–H groups in total. The van der Waals surface area contributed by atoms with Crippen LogP contribution < -0.4 is 0 Å². The average Bonchev–Trinajstić information content (AvgIpc) is 3.26. The minimum absolute atomic E-state index is 0.259. The predicted octanol–water partition coefficient (Wildman–Crippen LogP) is 10.8. The van der Waals surface area contributed by atoms with E-state index in [1.807, 2.05) is 31.2 Å². The summed E-state index contributed by atoms with van der Waals surface area (Å²) in [5.41, 5.74) is 4.61. The van der Waals surface area contributed by atoms with E-state index in [4.69, 9.17) is 0 Å². The lowest BCUT2D eigenvalue weighted by Gasteiger charge is -2.58. The van der Waals surface area contributed by atoms with Crippen LogP contribution in [0.1, 0.15) is 118 Å². The van der Waals surface area contributed by atoms with Crippen molar-refractivity contribution >= 4 is 23.0 Å². The topological polar surface area (TPSA) is 17.1 Å². The predicted molar refractivity (Wildman–Crippen MR) is 170 cm³/mol. The van der Waals surface area contributed by atoms with Gasteiger partial charge in [-0.25, -0.2) is 0 Å². The lowest BCUT2D eigenvalue weighted by atomic mass is 9.47. The van der Waals surface area contributed by atoms with Crippen LogP contribution in [0.5, 0.6) is 0 Å². The van der Waals surface area contributed by atoms with Gasteiger partial charge in [-0.1, -0.05) is 108 Å². The van der Waals surface area contributed by atoms with Crippen molar-refractivity contribution in [2.45, 2.75) is 117 Å². The largest absolute Gasteiger partial charge is 0.282 e. The number of rotatable bonds is 8. The van der Waals surface area contributed by atoms with Crippen molar-refractivity contribution in [3.05, 3.63) is 53.1 Å². The molecule has 5 rings (SSSR count). The second-order valence-electron chi connectivity index (χ2n) is 14.8. The number of carbonyl (C=O) groups is 1. The van der Waals surface area contributed by atoms with Crippen LogP contribution in [0.3, 0.4) is 0 Å². The molecule has 2 heteroatoms. The van der Waals surface area contributed by atoms with Crippen LogP contribution in [0.15, 0.2) is 47.6 Å². The van der Waals surface area contributed by atoms with E-state index in [1.54, 1.807) is 17.3 Å². The highest BCUT2D eigenvalue weighted by molar-refractivity contribution is 8.14. The van der Waals surface area contributed by atoms with Crippen molar-refractivity contribution in [3.8, 4) is 0 Å². The van der Waals surface area contributed by atoms with Crippen molar-refractivity contribution in [2.24, 2.45) is 46.3 Å². The quantitative estimate of drug-likeness (QED) is 0.238. The third-order valence-electron chi connectivity index (χ3n) is 12.0. The molecule has 0 heterocycles. The zero-order valence-corrected chi connectivity index (χ0v) is 26.5. The van der Waals surface area contributed by atoms with E-state index in [-0.39, 0.29) is 5.12 Å². The molecule has 0 aliphatic heterocycles. The first kappa shape index (κ1) is 29.2. The van der Waals surface area contributed by atoms with Gasteiger partial charge >= 0.3 is 0 Å². The molecule has 0 spiro atoms. The fraction of sp³-hybridized carbons (Fsp3) is 0.703. The van der Waals surface area contributed by atoms with E-state index in [1.165, 1.54) is 64.2 Å². The molecule has 1 aromatic rings. The Kier molecular flexibility index (Phi) is 8.92. The summed E-state index contributed by atoms with van der Waals surface area (Å²) in [4.78, 5) is 13.1. The van der Waals surface area contributed by atoms with Crippen molar-refractivity contribution in [3.63, 3.8) is 0 Å². The normalized spacial score (nSPS) is 37.1. The molecule has 0 aromatic heterocycles. The van der Waals surface area contributed by atoms with Gasteiger partial charge in [-0.3, -0.25) is 4.79 Å². The highest BCUT2D eigenvalue weighted by atomic mass is 32.2. The van der Waals surface area contributed by atoms with E-state index in [0.29, 0.717) is 16.1 Å². The van der Waals surface area contributed by atoms with Gasteiger partial charge in [0.05, 0.1) is 0 Å². The first-order chi connectivity index (χ1) is 18.6. The standard InChI is InChI=1S/C37H54OS/c1-25(2)11-10-12-26(3)32-17-18-33-31-16-15-29-24-30(19-21-36(29,5)34(31)20-22-37(32,33)6)39-35(38)27(4)23-28-13-8-7-9-14-28/h7-9,13-15,23,25-26,30-34H,10-12,16-22,24H2,1-6H3/b27-23+/t26-,30+,31+,32+,33+,34+,36+,37-/m1/s1. The maximum Gasteiger partial charge on any atom is 0.215 e. The number of carbonyl (C=O) groups excluding carboxylic acids is 1. The van der Waals surface area contributed by atoms with Gasteiger partial charge in [0.2, 0.25) is 5.12 Å². The fourth-order valence-electron chi connectivity index (χ4n) is 9.86. The monoisotopic (exact) mass is 546 g/mol. The summed E-state index contributed by atoms with van der Waals surface area (Å²) in [5, 5.41) is 0.693. The Balaban J connectivity index is 1.23. The Morgan fingerprint density at radius 2 is 1.77 bits per heavy atom. The van der Waals surface area contributed by atoms with Gasteiger partial charge < -0.3 is 0 Å². The lowest BCUT2D eigenvalue weighted by Crippen LogP contribution is -2.50. The molecule has 3 saturated carbocycles. The third kappa shape index (κ3) is 5.89. The summed E-state index contributed by atoms with van der Waals surface area (Å²) < 4.78 is 0. The number of hydrogen-bond acceptors (Lipinski definition) is 2. The van der Waals surface area contributed by atoms with Crippen molar-refractivity contribution < 1.29 is 4.79 Å². The number of benzene rings is 1. The number of thioether (sulfide) groups is 1. The van der Waals surface area contributed by atoms with Gasteiger partial charge in [0.15, 0.2) is 0 Å². The van der Waals surface area contributed by atoms with Crippen LogP contribution in [0.25, 0.3) is 6.08 Å². The third-order valence-corrected chi connectivity index (χ3v) is 13.3. The second kappa shape index (κ2) is 11.9. The van der Waals surface area contributed by atoms with Gasteiger partial charge in [-0.05, 0) is 116 Å². The number of hydrogen-bond donors (Lipinski definition) is 0. The first-order valence-corrected chi connectivity index (χ1v) is 17.1. The molecule has 1 nitrogen and oxygen atoms in total. The Morgan fingerprint density at radius 1 is 1.00 bits per heavy atom. The molecular weight excluding hydrogens is 492 g/mol. The van der Waals surface area contributed by atoms with Gasteiger partial charge in [0.1, 0.15) is 0 Å². The molecule has 0 unspecified atom stereocenters. The molecule has 8 atom stereocenters. The van der Waals surface area contributed by atoms with Crippen LogP contribution in [0.4, 0.5) is 0 Å². The van der Waals surface area contributed by atoms with Crippen molar-refractivity contribution in [1.82, 2.24) is 0 Å². The first-order valence-electron chi connectivity index (χ1n) is 16.3. The smallest absolute Gasteiger partial charge is 0.215 e. The zero-order chi connectivity index (χ0) is 27.8. The minimum Gasteiger partial charge on any atom is -0.282 e. The summed E-state index contributed by atoms with van der Waals surface area (Å²) >= 11 is 1.61. The van der Waals surface area contributed by atoms with E-state index >= 15 is 0 Å². The number of allylic oxidation sites excluding steroid dienone is 2. The summed E-state index contributed by atoms with van der Waals surface area (Å²) in [6.45, 7) is 14.6. The second-order valence-corrected chi connectivity index (χ2v) is 16.1. The van der Waals surface area contributed by atoms with Crippen molar-refractivity contribution in [1.29, 1.82) is 0 Å². The Hall–Kier alpha value is -1.28. The molecule has 4 aliphatic rings. The minimum atomic E-state index is 0.259. The Morgan fingerprint density at radius 3 is 2.51 bits per heavy atom. The molecule has 0 saturated heterocycles. The van der Waals surface area contributed by atoms with Crippen LogP contribution >= 0.6 is 11.8 Å². The van der Waals surface area contributed by atoms with Gasteiger partial charge in [-0.2, -0.15) is 0 Å². The van der Waals surface area contributed by atoms with E-state index in [2.05, 4.69) is 52.8 Å². The maximum absolute atomic E-state index is 13.1. The molecule has 0 radical (unpaired) electrons. The summed E-state index contributed by atoms with van der Waals surface area (Å²) in [5.74, 6) is 5.30. The van der Waals surface area contributed by atoms with E-state index in [0.717, 1.165) is 53.1 Å². The van der Waals surface area contributed by atoms with Crippen LogP contribution in [0, 0.1) is 46.3 Å². The van der Waals surface area contributed by atoms with E-state index in [9.17, 15) is 4.79 Å². The highest BCUT2D eigenvalue weighted by Gasteiger charge is 2.59. The molecule has 0 bridgehead atoms. The Bertz CT molecular complexity index is 1070. The summed E-state index contributed by atoms with van der Waals surface area (Å²) in [6, 6.07) is 10.3. The SMILES string of the molecule is C/C(=C\c1ccccc1)C(=O)S[C@H]1CC[C@@]2(C)C(=CC[C@H]3[C@@H]4CC[C@@H]([C@H](C)CCCC(C)C)[C@@]4(C)CC[C@@H]32)C1. The fourth-order valence-corrected chi connectivity index (χ4v) is 10.9. The van der Waals surface area contributed by atoms with Crippen LogP contribution in [0.2, 0.25) is 0 Å². The van der Waals surface area contributed by atoms with Gasteiger partial charge in [0, 0.05) is 10.8 Å². The van der Waals surface area contributed by atoms with E-state index < -0.39 is 0 Å². The summed E-state index contributed by atoms with van der Waals surface area (Å²) in [6.07, 6.45) is 19.6. The molecule has 214 valence electrons. The Labute approximate surface area is 244 Å². The highest BCUT2D eigenvalue weighted by Crippen LogP contribution is 2.67. The molecule has 4 aliphatic carbocycles. The van der Waals surface area contributed by atoms with Crippen LogP contribution in [-0.4, -0.2) is 10.4 Å². The molecule has 1 aromatic carbocycles. The van der Waals surface area contributed by atoms with Gasteiger partial charge in [-0.15, -0.1) is 0 Å². The molecule has 39 heavy (non-hydrogen) atoms. The molecule has 3 fully saturated rings. The summed E-state index contributed by atoms with van der Waals surface area (Å²) in [7, 11) is 0. The van der Waals surface area contributed by atoms with Crippen molar-refractivity contribution in [2.75, 3.05) is 0 Å². The lowest BCUT2D eigenvalue weighted by molar-refractivity contribution is -0.107. The zero-order valence-electron chi connectivity index (χ0n) is 25.7. The number of fused-ring (bicyclic) bond motifs is 5.